The third-order valence-electron chi connectivity index (χ3n) is 4.92. The van der Waals surface area contributed by atoms with Gasteiger partial charge in [0.25, 0.3) is 5.91 Å². The van der Waals surface area contributed by atoms with Crippen LogP contribution in [-0.4, -0.2) is 33.8 Å². The van der Waals surface area contributed by atoms with Crippen molar-refractivity contribution in [2.75, 3.05) is 12.4 Å². The summed E-state index contributed by atoms with van der Waals surface area (Å²) in [6, 6.07) is 14.7. The fraction of sp³-hybridized carbons (Fsp3) is 0.130. The highest BCUT2D eigenvalue weighted by molar-refractivity contribution is 7.15. The summed E-state index contributed by atoms with van der Waals surface area (Å²) in [5, 5.41) is 8.89. The molecule has 2 aromatic carbocycles. The Hall–Kier alpha value is -3.98. The van der Waals surface area contributed by atoms with Gasteiger partial charge in [-0.1, -0.05) is 42.0 Å². The molecule has 0 aliphatic carbocycles. The van der Waals surface area contributed by atoms with Crippen LogP contribution in [0.3, 0.4) is 0 Å². The Morgan fingerprint density at radius 3 is 2.56 bits per heavy atom. The van der Waals surface area contributed by atoms with Gasteiger partial charge < -0.3 is 10.1 Å². The molecule has 0 radical (unpaired) electrons. The third-order valence-corrected chi connectivity index (χ3v) is 5.82. The number of rotatable bonds is 5. The number of hydrogen-bond donors (Lipinski definition) is 2. The zero-order valence-electron chi connectivity index (χ0n) is 17.6. The van der Waals surface area contributed by atoms with Crippen molar-refractivity contribution in [1.29, 1.82) is 0 Å². The molecule has 9 heteroatoms. The summed E-state index contributed by atoms with van der Waals surface area (Å²) in [6.07, 6.45) is 0. The fourth-order valence-corrected chi connectivity index (χ4v) is 4.26. The van der Waals surface area contributed by atoms with E-state index in [9.17, 15) is 14.4 Å². The summed E-state index contributed by atoms with van der Waals surface area (Å²) >= 11 is 1.20. The maximum atomic E-state index is 12.8. The molecule has 0 spiro atoms. The molecule has 0 aliphatic rings. The van der Waals surface area contributed by atoms with Crippen LogP contribution in [0.4, 0.5) is 5.00 Å². The maximum absolute atomic E-state index is 12.8. The molecule has 0 bridgehead atoms. The minimum Gasteiger partial charge on any atom is -0.465 e. The number of thiophene rings is 1. The Labute approximate surface area is 187 Å². The van der Waals surface area contributed by atoms with Crippen molar-refractivity contribution >= 4 is 28.2 Å². The van der Waals surface area contributed by atoms with E-state index in [2.05, 4.69) is 15.4 Å². The molecule has 0 saturated carbocycles. The molecule has 4 aromatic rings. The van der Waals surface area contributed by atoms with Gasteiger partial charge in [-0.3, -0.25) is 9.78 Å². The molecule has 1 amide bonds. The monoisotopic (exact) mass is 448 g/mol. The van der Waals surface area contributed by atoms with Crippen LogP contribution in [0.5, 0.6) is 0 Å². The molecule has 0 aliphatic heterocycles. The van der Waals surface area contributed by atoms with Crippen molar-refractivity contribution in [3.63, 3.8) is 0 Å². The number of para-hydroxylation sites is 1. The molecular formula is C23H20N4O4S. The number of methoxy groups -OCH3 is 1. The van der Waals surface area contributed by atoms with Crippen LogP contribution in [0.15, 0.2) is 58.7 Å². The summed E-state index contributed by atoms with van der Waals surface area (Å²) in [5.41, 5.74) is 3.81. The predicted octanol–water partition coefficient (Wildman–Crippen LogP) is 3.94. The van der Waals surface area contributed by atoms with Gasteiger partial charge in [-0.2, -0.15) is 4.68 Å². The summed E-state index contributed by atoms with van der Waals surface area (Å²) in [6.45, 7) is 3.92. The normalized spacial score (nSPS) is 10.7. The van der Waals surface area contributed by atoms with E-state index >= 15 is 0 Å². The summed E-state index contributed by atoms with van der Waals surface area (Å²) < 4.78 is 6.08. The van der Waals surface area contributed by atoms with Crippen molar-refractivity contribution in [2.45, 2.75) is 13.8 Å². The number of H-pyrrole nitrogens is 1. The van der Waals surface area contributed by atoms with E-state index in [0.29, 0.717) is 16.3 Å². The average Bonchev–Trinajstić information content (AvgIpc) is 3.39. The summed E-state index contributed by atoms with van der Waals surface area (Å²) in [5.74, 6) is -1.38. The first-order valence-corrected chi connectivity index (χ1v) is 10.6. The molecule has 0 fully saturated rings. The molecule has 2 N–H and O–H groups in total. The van der Waals surface area contributed by atoms with Crippen LogP contribution >= 0.6 is 11.3 Å². The standard InChI is InChI=1S/C23H20N4O4S/c1-13-9-10-14(2)16(11-13)17-12-32-21(18(17)22(29)31-3)25-20(28)19-24-23(30)27(26-19)15-7-5-4-6-8-15/h4-12H,1-3H3,(H,25,28)(H,24,26,30). The lowest BCUT2D eigenvalue weighted by Gasteiger charge is -2.09. The van der Waals surface area contributed by atoms with Crippen molar-refractivity contribution in [3.05, 3.63) is 86.9 Å². The Kier molecular flexibility index (Phi) is 5.74. The van der Waals surface area contributed by atoms with Gasteiger partial charge >= 0.3 is 11.7 Å². The quantitative estimate of drug-likeness (QED) is 0.450. The van der Waals surface area contributed by atoms with Crippen molar-refractivity contribution in [3.8, 4) is 16.8 Å². The summed E-state index contributed by atoms with van der Waals surface area (Å²) in [4.78, 5) is 40.2. The van der Waals surface area contributed by atoms with E-state index in [0.717, 1.165) is 21.4 Å². The van der Waals surface area contributed by atoms with Gasteiger partial charge in [0, 0.05) is 10.9 Å². The number of nitrogens with zero attached hydrogens (tertiary/aromatic N) is 2. The maximum Gasteiger partial charge on any atom is 0.348 e. The first-order chi connectivity index (χ1) is 15.4. The van der Waals surface area contributed by atoms with E-state index in [-0.39, 0.29) is 11.4 Å². The number of esters is 1. The first-order valence-electron chi connectivity index (χ1n) is 9.72. The lowest BCUT2D eigenvalue weighted by Crippen LogP contribution is -2.16. The molecule has 32 heavy (non-hydrogen) atoms. The third kappa shape index (κ3) is 3.97. The van der Waals surface area contributed by atoms with Crippen LogP contribution in [0.2, 0.25) is 0 Å². The van der Waals surface area contributed by atoms with Gasteiger partial charge in [-0.25, -0.2) is 9.59 Å². The Morgan fingerprint density at radius 1 is 1.09 bits per heavy atom. The average molecular weight is 449 g/mol. The zero-order chi connectivity index (χ0) is 22.8. The van der Waals surface area contributed by atoms with E-state index in [1.807, 2.05) is 38.1 Å². The molecule has 162 valence electrons. The van der Waals surface area contributed by atoms with Gasteiger partial charge in [-0.15, -0.1) is 16.4 Å². The minimum atomic E-state index is -0.642. The van der Waals surface area contributed by atoms with Gasteiger partial charge in [-0.05, 0) is 37.1 Å². The topological polar surface area (TPSA) is 106 Å². The number of aromatic nitrogens is 3. The zero-order valence-corrected chi connectivity index (χ0v) is 18.4. The van der Waals surface area contributed by atoms with Crippen LogP contribution in [0.25, 0.3) is 16.8 Å². The number of anilines is 1. The molecule has 0 saturated heterocycles. The SMILES string of the molecule is COC(=O)c1c(-c2cc(C)ccc2C)csc1NC(=O)c1nn(-c2ccccc2)c(=O)[nH]1. The van der Waals surface area contributed by atoms with Gasteiger partial charge in [0.1, 0.15) is 10.6 Å². The Morgan fingerprint density at radius 2 is 1.84 bits per heavy atom. The molecule has 4 rings (SSSR count). The van der Waals surface area contributed by atoms with Crippen LogP contribution in [0.1, 0.15) is 32.1 Å². The number of carbonyl (C=O) groups is 2. The highest BCUT2D eigenvalue weighted by Gasteiger charge is 2.25. The van der Waals surface area contributed by atoms with Crippen molar-refractivity contribution < 1.29 is 14.3 Å². The number of aryl methyl sites for hydroxylation is 2. The van der Waals surface area contributed by atoms with E-state index in [1.165, 1.54) is 18.4 Å². The first kappa shape index (κ1) is 21.3. The van der Waals surface area contributed by atoms with E-state index in [1.54, 1.807) is 29.6 Å². The second-order valence-corrected chi connectivity index (χ2v) is 8.02. The van der Waals surface area contributed by atoms with Crippen LogP contribution in [0, 0.1) is 13.8 Å². The van der Waals surface area contributed by atoms with Gasteiger partial charge in [0.15, 0.2) is 0 Å². The number of hydrogen-bond acceptors (Lipinski definition) is 6. The molecule has 0 unspecified atom stereocenters. The molecule has 2 heterocycles. The van der Waals surface area contributed by atoms with Crippen LogP contribution in [-0.2, 0) is 4.74 Å². The molecule has 0 atom stereocenters. The molecule has 8 nitrogen and oxygen atoms in total. The lowest BCUT2D eigenvalue weighted by molar-refractivity contribution is 0.0603. The predicted molar refractivity (Wildman–Crippen MR) is 123 cm³/mol. The number of aromatic amines is 1. The highest BCUT2D eigenvalue weighted by Crippen LogP contribution is 2.38. The highest BCUT2D eigenvalue weighted by atomic mass is 32.1. The van der Waals surface area contributed by atoms with Gasteiger partial charge in [0.05, 0.1) is 12.8 Å². The number of ether oxygens (including phenoxy) is 1. The lowest BCUT2D eigenvalue weighted by atomic mass is 9.97. The smallest absolute Gasteiger partial charge is 0.348 e. The fourth-order valence-electron chi connectivity index (χ4n) is 3.31. The number of benzene rings is 2. The Bertz CT molecular complexity index is 1370. The van der Waals surface area contributed by atoms with Crippen molar-refractivity contribution in [1.82, 2.24) is 14.8 Å². The summed E-state index contributed by atoms with van der Waals surface area (Å²) in [7, 11) is 1.29. The second-order valence-electron chi connectivity index (χ2n) is 7.14. The minimum absolute atomic E-state index is 0.170. The Balaban J connectivity index is 1.70. The number of carbonyl (C=O) groups excluding carboxylic acids is 2. The number of nitrogens with one attached hydrogen (secondary N) is 2. The van der Waals surface area contributed by atoms with Crippen LogP contribution < -0.4 is 11.0 Å². The van der Waals surface area contributed by atoms with E-state index in [4.69, 9.17) is 4.74 Å². The molecular weight excluding hydrogens is 428 g/mol. The van der Waals surface area contributed by atoms with Gasteiger partial charge in [0.2, 0.25) is 5.82 Å². The van der Waals surface area contributed by atoms with E-state index < -0.39 is 17.6 Å². The number of amides is 1. The van der Waals surface area contributed by atoms with Crippen molar-refractivity contribution in [2.24, 2.45) is 0 Å². The largest absolute Gasteiger partial charge is 0.465 e. The molecule has 2 aromatic heterocycles. The second kappa shape index (κ2) is 8.64.